The number of hydrogen-bond acceptors (Lipinski definition) is 2. The molecule has 2 rings (SSSR count). The van der Waals surface area contributed by atoms with E-state index in [9.17, 15) is 0 Å². The van der Waals surface area contributed by atoms with Gasteiger partial charge in [0.05, 0.1) is 0 Å². The molecule has 0 aliphatic carbocycles. The lowest BCUT2D eigenvalue weighted by Crippen LogP contribution is -2.02. The van der Waals surface area contributed by atoms with Crippen LogP contribution in [0.4, 0.5) is 5.69 Å². The lowest BCUT2D eigenvalue weighted by Gasteiger charge is -2.14. The number of nitrogens with two attached hydrogens (primary N) is 1. The van der Waals surface area contributed by atoms with E-state index in [1.807, 2.05) is 49.4 Å². The van der Waals surface area contributed by atoms with Crippen LogP contribution < -0.4 is 10.5 Å². The summed E-state index contributed by atoms with van der Waals surface area (Å²) in [6.07, 6.45) is 0.0461. The quantitative estimate of drug-likeness (QED) is 0.793. The molecule has 2 N–H and O–H groups in total. The molecule has 0 aliphatic heterocycles. The van der Waals surface area contributed by atoms with Gasteiger partial charge in [-0.3, -0.25) is 0 Å². The minimum absolute atomic E-state index is 0.0461. The highest BCUT2D eigenvalue weighted by Gasteiger charge is 2.05. The Morgan fingerprint density at radius 3 is 2.19 bits per heavy atom. The van der Waals surface area contributed by atoms with Crippen LogP contribution in [0.5, 0.6) is 5.75 Å². The molecule has 1 atom stereocenters. The van der Waals surface area contributed by atoms with Crippen molar-refractivity contribution in [3.63, 3.8) is 0 Å². The molecule has 2 aromatic rings. The molecule has 2 heteroatoms. The van der Waals surface area contributed by atoms with E-state index in [2.05, 4.69) is 12.1 Å². The van der Waals surface area contributed by atoms with Crippen LogP contribution in [0.15, 0.2) is 54.6 Å². The van der Waals surface area contributed by atoms with Crippen molar-refractivity contribution in [2.24, 2.45) is 0 Å². The summed E-state index contributed by atoms with van der Waals surface area (Å²) in [5.41, 5.74) is 7.53. The highest BCUT2D eigenvalue weighted by atomic mass is 16.5. The van der Waals surface area contributed by atoms with Crippen molar-refractivity contribution < 1.29 is 4.74 Å². The van der Waals surface area contributed by atoms with Gasteiger partial charge in [0.25, 0.3) is 0 Å². The number of rotatable bonds is 3. The minimum Gasteiger partial charge on any atom is -0.486 e. The van der Waals surface area contributed by atoms with Crippen molar-refractivity contribution in [2.45, 2.75) is 13.0 Å². The molecule has 2 nitrogen and oxygen atoms in total. The van der Waals surface area contributed by atoms with Crippen molar-refractivity contribution >= 4 is 5.69 Å². The second-order valence-electron chi connectivity index (χ2n) is 3.74. The molecular formula is C14H15NO. The minimum atomic E-state index is 0.0461. The van der Waals surface area contributed by atoms with Gasteiger partial charge in [-0.1, -0.05) is 30.3 Å². The summed E-state index contributed by atoms with van der Waals surface area (Å²) in [7, 11) is 0. The van der Waals surface area contributed by atoms with E-state index in [4.69, 9.17) is 10.5 Å². The maximum Gasteiger partial charge on any atom is 0.121 e. The lowest BCUT2D eigenvalue weighted by molar-refractivity contribution is 0.227. The van der Waals surface area contributed by atoms with Gasteiger partial charge in [-0.15, -0.1) is 0 Å². The van der Waals surface area contributed by atoms with Crippen LogP contribution in [0.3, 0.4) is 0 Å². The molecule has 0 saturated heterocycles. The molecule has 0 unspecified atom stereocenters. The lowest BCUT2D eigenvalue weighted by atomic mass is 10.1. The van der Waals surface area contributed by atoms with E-state index >= 15 is 0 Å². The summed E-state index contributed by atoms with van der Waals surface area (Å²) in [6.45, 7) is 2.03. The van der Waals surface area contributed by atoms with Crippen molar-refractivity contribution in [1.29, 1.82) is 0 Å². The average Bonchev–Trinajstić information content (AvgIpc) is 2.33. The van der Waals surface area contributed by atoms with Crippen LogP contribution in [0.25, 0.3) is 0 Å². The first-order valence-electron chi connectivity index (χ1n) is 5.33. The molecule has 0 spiro atoms. The summed E-state index contributed by atoms with van der Waals surface area (Å²) in [5, 5.41) is 0. The number of benzene rings is 2. The molecule has 82 valence electrons. The van der Waals surface area contributed by atoms with Crippen molar-refractivity contribution in [3.05, 3.63) is 60.2 Å². The van der Waals surface area contributed by atoms with Gasteiger partial charge in [-0.25, -0.2) is 0 Å². The van der Waals surface area contributed by atoms with Gasteiger partial charge in [0, 0.05) is 5.69 Å². The van der Waals surface area contributed by atoms with E-state index in [0.717, 1.165) is 11.4 Å². The Morgan fingerprint density at radius 1 is 0.938 bits per heavy atom. The third-order valence-corrected chi connectivity index (χ3v) is 2.46. The van der Waals surface area contributed by atoms with Crippen LogP contribution in [0, 0.1) is 0 Å². The van der Waals surface area contributed by atoms with E-state index in [-0.39, 0.29) is 6.10 Å². The highest BCUT2D eigenvalue weighted by molar-refractivity contribution is 5.41. The number of anilines is 1. The van der Waals surface area contributed by atoms with E-state index in [1.165, 1.54) is 5.56 Å². The van der Waals surface area contributed by atoms with Gasteiger partial charge >= 0.3 is 0 Å². The molecule has 0 amide bonds. The van der Waals surface area contributed by atoms with E-state index < -0.39 is 0 Å². The van der Waals surface area contributed by atoms with Gasteiger partial charge in [-0.2, -0.15) is 0 Å². The molecule has 0 aliphatic rings. The Morgan fingerprint density at radius 2 is 1.56 bits per heavy atom. The molecule has 16 heavy (non-hydrogen) atoms. The molecule has 2 aromatic carbocycles. The van der Waals surface area contributed by atoms with Gasteiger partial charge < -0.3 is 10.5 Å². The predicted octanol–water partition coefficient (Wildman–Crippen LogP) is 3.41. The Balaban J connectivity index is 2.08. The molecule has 0 aromatic heterocycles. The molecule has 0 bridgehead atoms. The normalized spacial score (nSPS) is 12.1. The fourth-order valence-corrected chi connectivity index (χ4v) is 1.54. The van der Waals surface area contributed by atoms with Crippen molar-refractivity contribution in [2.75, 3.05) is 5.73 Å². The van der Waals surface area contributed by atoms with Crippen molar-refractivity contribution in [3.8, 4) is 5.75 Å². The standard InChI is InChI=1S/C14H15NO/c1-11(12-5-3-2-4-6-12)16-14-9-7-13(15)8-10-14/h2-11H,15H2,1H3/t11-/m0/s1. The smallest absolute Gasteiger partial charge is 0.121 e. The fourth-order valence-electron chi connectivity index (χ4n) is 1.54. The van der Waals surface area contributed by atoms with Crippen LogP contribution in [-0.2, 0) is 0 Å². The largest absolute Gasteiger partial charge is 0.486 e. The van der Waals surface area contributed by atoms with Gasteiger partial charge in [0.2, 0.25) is 0 Å². The summed E-state index contributed by atoms with van der Waals surface area (Å²) >= 11 is 0. The predicted molar refractivity (Wildman–Crippen MR) is 66.3 cm³/mol. The monoisotopic (exact) mass is 213 g/mol. The first kappa shape index (κ1) is 10.6. The molecule has 0 heterocycles. The second-order valence-corrected chi connectivity index (χ2v) is 3.74. The van der Waals surface area contributed by atoms with Crippen LogP contribution >= 0.6 is 0 Å². The third kappa shape index (κ3) is 2.54. The summed E-state index contributed by atoms with van der Waals surface area (Å²) in [6, 6.07) is 17.6. The van der Waals surface area contributed by atoms with Crippen LogP contribution in [0.1, 0.15) is 18.6 Å². The van der Waals surface area contributed by atoms with E-state index in [0.29, 0.717) is 0 Å². The highest BCUT2D eigenvalue weighted by Crippen LogP contribution is 2.22. The second kappa shape index (κ2) is 4.71. The Bertz CT molecular complexity index is 436. The molecule has 0 radical (unpaired) electrons. The maximum atomic E-state index is 5.80. The Kier molecular flexibility index (Phi) is 3.10. The topological polar surface area (TPSA) is 35.2 Å². The summed E-state index contributed by atoms with van der Waals surface area (Å²) in [4.78, 5) is 0. The van der Waals surface area contributed by atoms with E-state index in [1.54, 1.807) is 0 Å². The summed E-state index contributed by atoms with van der Waals surface area (Å²) < 4.78 is 5.80. The number of hydrogen-bond donors (Lipinski definition) is 1. The molecular weight excluding hydrogens is 198 g/mol. The zero-order valence-electron chi connectivity index (χ0n) is 9.26. The maximum absolute atomic E-state index is 5.80. The zero-order chi connectivity index (χ0) is 11.4. The SMILES string of the molecule is C[C@H](Oc1ccc(N)cc1)c1ccccc1. The fraction of sp³-hybridized carbons (Fsp3) is 0.143. The van der Waals surface area contributed by atoms with Crippen LogP contribution in [0.2, 0.25) is 0 Å². The van der Waals surface area contributed by atoms with Gasteiger partial charge in [0.1, 0.15) is 11.9 Å². The van der Waals surface area contributed by atoms with Crippen LogP contribution in [-0.4, -0.2) is 0 Å². The number of nitrogen functional groups attached to an aromatic ring is 1. The van der Waals surface area contributed by atoms with Gasteiger partial charge in [-0.05, 0) is 36.8 Å². The number of ether oxygens (including phenoxy) is 1. The average molecular weight is 213 g/mol. The van der Waals surface area contributed by atoms with Crippen molar-refractivity contribution in [1.82, 2.24) is 0 Å². The zero-order valence-corrected chi connectivity index (χ0v) is 9.26. The first-order chi connectivity index (χ1) is 7.75. The third-order valence-electron chi connectivity index (χ3n) is 2.46. The molecule has 0 saturated carbocycles. The Labute approximate surface area is 95.7 Å². The van der Waals surface area contributed by atoms with Gasteiger partial charge in [0.15, 0.2) is 0 Å². The first-order valence-corrected chi connectivity index (χ1v) is 5.33. The Hall–Kier alpha value is -1.96. The summed E-state index contributed by atoms with van der Waals surface area (Å²) in [5.74, 6) is 0.838. The molecule has 0 fully saturated rings.